The third kappa shape index (κ3) is 1.48. The number of hydrogen-bond donors (Lipinski definition) is 0. The Morgan fingerprint density at radius 1 is 1.70 bits per heavy atom. The molecular weight excluding hydrogens is 146 g/mol. The van der Waals surface area contributed by atoms with E-state index in [1.54, 1.807) is 12.4 Å². The molecule has 0 atom stereocenters. The van der Waals surface area contributed by atoms with Gasteiger partial charge < -0.3 is 0 Å². The molecule has 0 aromatic carbocycles. The molecule has 1 aromatic rings. The molecule has 0 aliphatic rings. The summed E-state index contributed by atoms with van der Waals surface area (Å²) in [6, 6.07) is 0. The number of nitrogens with zero attached hydrogens (tertiary/aromatic N) is 3. The van der Waals surface area contributed by atoms with E-state index in [4.69, 9.17) is 0 Å². The van der Waals surface area contributed by atoms with Crippen molar-refractivity contribution >= 4 is 30.5 Å². The Morgan fingerprint density at radius 2 is 2.50 bits per heavy atom. The zero-order valence-electron chi connectivity index (χ0n) is 5.61. The van der Waals surface area contributed by atoms with Gasteiger partial charge in [0, 0.05) is 12.4 Å². The standard InChI is InChI=1S/C6H7N3S/c1-3-7-4-6-5(2)8-9-10-6/h3-4H,2H2,1H3/b6-4+,7-3-. The molecular formula is C6H7N3S. The summed E-state index contributed by atoms with van der Waals surface area (Å²) >= 11 is 1.30. The second-order valence-electron chi connectivity index (χ2n) is 1.62. The van der Waals surface area contributed by atoms with E-state index in [9.17, 15) is 0 Å². The van der Waals surface area contributed by atoms with Gasteiger partial charge in [-0.2, -0.15) is 0 Å². The van der Waals surface area contributed by atoms with E-state index >= 15 is 0 Å². The Balaban J connectivity index is 3.16. The lowest BCUT2D eigenvalue weighted by molar-refractivity contribution is 1.11. The van der Waals surface area contributed by atoms with Crippen molar-refractivity contribution in [2.24, 2.45) is 4.99 Å². The maximum atomic E-state index is 3.92. The lowest BCUT2D eigenvalue weighted by Crippen LogP contribution is -2.17. The molecule has 3 nitrogen and oxygen atoms in total. The van der Waals surface area contributed by atoms with Crippen molar-refractivity contribution in [1.82, 2.24) is 9.59 Å². The van der Waals surface area contributed by atoms with E-state index in [1.807, 2.05) is 6.92 Å². The van der Waals surface area contributed by atoms with Crippen LogP contribution in [0.3, 0.4) is 0 Å². The topological polar surface area (TPSA) is 38.1 Å². The van der Waals surface area contributed by atoms with Gasteiger partial charge in [-0.25, -0.2) is 0 Å². The van der Waals surface area contributed by atoms with E-state index in [0.717, 1.165) is 4.53 Å². The average molecular weight is 153 g/mol. The van der Waals surface area contributed by atoms with Gasteiger partial charge in [-0.15, -0.1) is 5.10 Å². The van der Waals surface area contributed by atoms with Crippen LogP contribution in [0, 0.1) is 0 Å². The Morgan fingerprint density at radius 3 is 3.00 bits per heavy atom. The Hall–Kier alpha value is -1.03. The fraction of sp³-hybridized carbons (Fsp3) is 0.167. The van der Waals surface area contributed by atoms with E-state index in [2.05, 4.69) is 21.2 Å². The van der Waals surface area contributed by atoms with Gasteiger partial charge >= 0.3 is 0 Å². The third-order valence-electron chi connectivity index (χ3n) is 0.926. The van der Waals surface area contributed by atoms with Crippen molar-refractivity contribution in [3.05, 3.63) is 9.88 Å². The van der Waals surface area contributed by atoms with Crippen molar-refractivity contribution in [1.29, 1.82) is 0 Å². The largest absolute Gasteiger partial charge is 0.268 e. The lowest BCUT2D eigenvalue weighted by atomic mass is 10.6. The molecule has 1 heterocycles. The molecule has 0 aliphatic carbocycles. The minimum Gasteiger partial charge on any atom is -0.268 e. The Bertz CT molecular complexity index is 325. The highest BCUT2D eigenvalue weighted by molar-refractivity contribution is 7.03. The molecule has 1 aromatic heterocycles. The van der Waals surface area contributed by atoms with Crippen LogP contribution in [0.2, 0.25) is 0 Å². The van der Waals surface area contributed by atoms with E-state index in [1.165, 1.54) is 11.5 Å². The molecule has 0 unspecified atom stereocenters. The van der Waals surface area contributed by atoms with Gasteiger partial charge in [-0.05, 0) is 18.5 Å². The predicted molar refractivity (Wildman–Crippen MR) is 43.3 cm³/mol. The van der Waals surface area contributed by atoms with Crippen LogP contribution in [0.5, 0.6) is 0 Å². The van der Waals surface area contributed by atoms with Crippen LogP contribution in [-0.2, 0) is 0 Å². The Kier molecular flexibility index (Phi) is 2.28. The second kappa shape index (κ2) is 3.22. The smallest absolute Gasteiger partial charge is 0.0999 e. The molecule has 0 spiro atoms. The van der Waals surface area contributed by atoms with Gasteiger partial charge in [0.1, 0.15) is 0 Å². The molecule has 0 fully saturated rings. The van der Waals surface area contributed by atoms with Crippen LogP contribution in [0.4, 0.5) is 0 Å². The van der Waals surface area contributed by atoms with E-state index in [0.29, 0.717) is 5.35 Å². The van der Waals surface area contributed by atoms with Crippen molar-refractivity contribution in [3.63, 3.8) is 0 Å². The highest BCUT2D eigenvalue weighted by atomic mass is 32.1. The van der Waals surface area contributed by atoms with Crippen LogP contribution >= 0.6 is 11.5 Å². The molecule has 0 radical (unpaired) electrons. The summed E-state index contributed by atoms with van der Waals surface area (Å²) in [6.45, 7) is 5.52. The first-order valence-corrected chi connectivity index (χ1v) is 3.57. The zero-order chi connectivity index (χ0) is 7.40. The number of rotatable bonds is 1. The minimum atomic E-state index is 0.690. The summed E-state index contributed by atoms with van der Waals surface area (Å²) in [5.41, 5.74) is 0. The first kappa shape index (κ1) is 7.08. The van der Waals surface area contributed by atoms with Gasteiger partial charge in [-0.3, -0.25) is 4.99 Å². The summed E-state index contributed by atoms with van der Waals surface area (Å²) in [5, 5.41) is 4.41. The van der Waals surface area contributed by atoms with E-state index < -0.39 is 0 Å². The number of aliphatic imine (C=N–C) groups is 1. The molecule has 4 heteroatoms. The van der Waals surface area contributed by atoms with Crippen LogP contribution in [0.1, 0.15) is 6.92 Å². The van der Waals surface area contributed by atoms with Crippen molar-refractivity contribution in [2.75, 3.05) is 0 Å². The average Bonchev–Trinajstić information content (AvgIpc) is 2.31. The summed E-state index contributed by atoms with van der Waals surface area (Å²) in [6.07, 6.45) is 3.41. The van der Waals surface area contributed by atoms with Gasteiger partial charge in [-0.1, -0.05) is 11.1 Å². The molecule has 52 valence electrons. The molecule has 0 aliphatic heterocycles. The molecule has 0 bridgehead atoms. The summed E-state index contributed by atoms with van der Waals surface area (Å²) < 4.78 is 4.61. The summed E-state index contributed by atoms with van der Waals surface area (Å²) in [5.74, 6) is 0. The monoisotopic (exact) mass is 153 g/mol. The number of hydrogen-bond acceptors (Lipinski definition) is 4. The molecule has 0 saturated heterocycles. The predicted octanol–water partition coefficient (Wildman–Crippen LogP) is -0.223. The molecule has 0 amide bonds. The van der Waals surface area contributed by atoms with Crippen molar-refractivity contribution in [2.45, 2.75) is 6.92 Å². The normalized spacial score (nSPS) is 13.1. The van der Waals surface area contributed by atoms with Crippen LogP contribution in [-0.4, -0.2) is 15.8 Å². The maximum Gasteiger partial charge on any atom is 0.0999 e. The van der Waals surface area contributed by atoms with Crippen LogP contribution < -0.4 is 9.88 Å². The van der Waals surface area contributed by atoms with Gasteiger partial charge in [0.2, 0.25) is 0 Å². The summed E-state index contributed by atoms with van der Waals surface area (Å²) in [4.78, 5) is 3.92. The zero-order valence-corrected chi connectivity index (χ0v) is 6.43. The quantitative estimate of drug-likeness (QED) is 0.523. The minimum absolute atomic E-state index is 0.690. The molecule has 1 rings (SSSR count). The summed E-state index contributed by atoms with van der Waals surface area (Å²) in [7, 11) is 0. The fourth-order valence-electron chi connectivity index (χ4n) is 0.456. The lowest BCUT2D eigenvalue weighted by Gasteiger charge is -1.68. The third-order valence-corrected chi connectivity index (χ3v) is 1.63. The van der Waals surface area contributed by atoms with Crippen molar-refractivity contribution < 1.29 is 0 Å². The van der Waals surface area contributed by atoms with Gasteiger partial charge in [0.15, 0.2) is 0 Å². The number of aromatic nitrogens is 2. The first-order chi connectivity index (χ1) is 4.84. The molecule has 0 saturated carbocycles. The SMILES string of the molecule is C=c1nns/c1=C/N=C\C. The maximum absolute atomic E-state index is 3.92. The molecule has 0 N–H and O–H groups in total. The first-order valence-electron chi connectivity index (χ1n) is 2.80. The van der Waals surface area contributed by atoms with Crippen molar-refractivity contribution in [3.8, 4) is 0 Å². The van der Waals surface area contributed by atoms with E-state index in [-0.39, 0.29) is 0 Å². The highest BCUT2D eigenvalue weighted by Crippen LogP contribution is 1.70. The highest BCUT2D eigenvalue weighted by Gasteiger charge is 1.82. The molecule has 10 heavy (non-hydrogen) atoms. The second-order valence-corrected chi connectivity index (χ2v) is 2.41. The van der Waals surface area contributed by atoms with Gasteiger partial charge in [0.25, 0.3) is 0 Å². The Labute approximate surface area is 62.6 Å². The van der Waals surface area contributed by atoms with Crippen LogP contribution in [0.25, 0.3) is 12.8 Å². The fourth-order valence-corrected chi connectivity index (χ4v) is 0.938. The van der Waals surface area contributed by atoms with Crippen LogP contribution in [0.15, 0.2) is 4.99 Å². The van der Waals surface area contributed by atoms with Gasteiger partial charge in [0.05, 0.1) is 9.88 Å².